The second-order valence-corrected chi connectivity index (χ2v) is 9.79. The summed E-state index contributed by atoms with van der Waals surface area (Å²) in [6.07, 6.45) is 6.40. The molecule has 5 aromatic rings. The van der Waals surface area contributed by atoms with E-state index in [0.717, 1.165) is 42.9 Å². The van der Waals surface area contributed by atoms with Crippen molar-refractivity contribution in [3.05, 3.63) is 99.9 Å². The third-order valence-electron chi connectivity index (χ3n) is 7.40. The number of hydrogen-bond acceptors (Lipinski definition) is 5. The normalized spacial score (nSPS) is 14.7. The van der Waals surface area contributed by atoms with Gasteiger partial charge >= 0.3 is 5.97 Å². The fraction of sp³-hybridized carbons (Fsp3) is 0.258. The van der Waals surface area contributed by atoms with Crippen molar-refractivity contribution < 1.29 is 14.3 Å². The molecule has 0 unspecified atom stereocenters. The average molecular weight is 521 g/mol. The summed E-state index contributed by atoms with van der Waals surface area (Å²) in [6.45, 7) is 1.86. The number of pyridine rings is 2. The Bertz CT molecular complexity index is 1870. The van der Waals surface area contributed by atoms with E-state index in [-0.39, 0.29) is 34.6 Å². The molecule has 1 saturated carbocycles. The lowest BCUT2D eigenvalue weighted by molar-refractivity contribution is 0.0523. The molecule has 39 heavy (non-hydrogen) atoms. The maximum atomic E-state index is 13.8. The topological polar surface area (TPSA) is 95.0 Å². The van der Waals surface area contributed by atoms with E-state index in [1.807, 2.05) is 47.0 Å². The van der Waals surface area contributed by atoms with Crippen LogP contribution in [0, 0.1) is 0 Å². The van der Waals surface area contributed by atoms with Crippen molar-refractivity contribution in [2.75, 3.05) is 6.61 Å². The molecule has 0 radical (unpaired) electrons. The molecule has 1 fully saturated rings. The summed E-state index contributed by atoms with van der Waals surface area (Å²) < 4.78 is 8.70. The average Bonchev–Trinajstić information content (AvgIpc) is 2.97. The standard InChI is InChI=1S/C31H28N4O4/c1-2-39-31(38)25-19-24-27(32-26-17-8-9-18-34(26)30(24)37)35(21-13-4-3-5-14-21)28(25)33-29(36)23-16-10-12-20-11-6-7-15-22(20)23/h6-12,15-19,21H,2-5,13-14H2,1H3. The van der Waals surface area contributed by atoms with Gasteiger partial charge in [-0.05, 0) is 54.8 Å². The molecule has 8 heteroatoms. The second kappa shape index (κ2) is 10.3. The maximum Gasteiger partial charge on any atom is 0.341 e. The summed E-state index contributed by atoms with van der Waals surface area (Å²) in [5.41, 5.74) is 1.30. The van der Waals surface area contributed by atoms with Crippen LogP contribution in [0.5, 0.6) is 0 Å². The molecule has 196 valence electrons. The van der Waals surface area contributed by atoms with Gasteiger partial charge < -0.3 is 9.30 Å². The number of esters is 1. The zero-order chi connectivity index (χ0) is 26.9. The van der Waals surface area contributed by atoms with Crippen LogP contribution in [0.25, 0.3) is 27.5 Å². The predicted molar refractivity (Wildman–Crippen MR) is 149 cm³/mol. The number of amides is 1. The van der Waals surface area contributed by atoms with Gasteiger partial charge in [0.15, 0.2) is 5.49 Å². The quantitative estimate of drug-likeness (QED) is 0.239. The van der Waals surface area contributed by atoms with Crippen LogP contribution >= 0.6 is 0 Å². The van der Waals surface area contributed by atoms with Crippen molar-refractivity contribution in [3.63, 3.8) is 0 Å². The fourth-order valence-corrected chi connectivity index (χ4v) is 5.57. The molecule has 0 saturated heterocycles. The molecule has 0 N–H and O–H groups in total. The van der Waals surface area contributed by atoms with E-state index >= 15 is 0 Å². The molecule has 0 bridgehead atoms. The molecule has 6 rings (SSSR count). The highest BCUT2D eigenvalue weighted by Gasteiger charge is 2.25. The van der Waals surface area contributed by atoms with Crippen LogP contribution in [0.1, 0.15) is 65.8 Å². The molecule has 1 aliphatic rings. The van der Waals surface area contributed by atoms with Gasteiger partial charge in [-0.15, -0.1) is 0 Å². The molecule has 0 atom stereocenters. The van der Waals surface area contributed by atoms with Crippen molar-refractivity contribution in [1.29, 1.82) is 0 Å². The lowest BCUT2D eigenvalue weighted by Crippen LogP contribution is -2.35. The molecule has 2 aromatic carbocycles. The fourth-order valence-electron chi connectivity index (χ4n) is 5.57. The number of rotatable bonds is 4. The molecule has 3 aromatic heterocycles. The van der Waals surface area contributed by atoms with E-state index in [1.54, 1.807) is 31.3 Å². The van der Waals surface area contributed by atoms with Crippen LogP contribution in [0.4, 0.5) is 0 Å². The maximum absolute atomic E-state index is 13.8. The minimum atomic E-state index is -0.633. The van der Waals surface area contributed by atoms with E-state index < -0.39 is 11.9 Å². The molecule has 8 nitrogen and oxygen atoms in total. The number of benzene rings is 2. The third kappa shape index (κ3) is 4.41. The number of nitrogens with zero attached hydrogens (tertiary/aromatic N) is 4. The minimum Gasteiger partial charge on any atom is -0.462 e. The first-order chi connectivity index (χ1) is 19.1. The van der Waals surface area contributed by atoms with Crippen molar-refractivity contribution in [3.8, 4) is 0 Å². The van der Waals surface area contributed by atoms with E-state index in [2.05, 4.69) is 4.99 Å². The van der Waals surface area contributed by atoms with E-state index in [9.17, 15) is 14.4 Å². The highest BCUT2D eigenvalue weighted by molar-refractivity contribution is 6.07. The number of hydrogen-bond donors (Lipinski definition) is 0. The van der Waals surface area contributed by atoms with E-state index in [1.165, 1.54) is 10.5 Å². The molecular formula is C31H28N4O4. The molecule has 0 spiro atoms. The summed E-state index contributed by atoms with van der Waals surface area (Å²) >= 11 is 0. The van der Waals surface area contributed by atoms with Crippen LogP contribution in [0.3, 0.4) is 0 Å². The molecule has 1 aliphatic carbocycles. The van der Waals surface area contributed by atoms with Gasteiger partial charge in [-0.3, -0.25) is 14.0 Å². The Morgan fingerprint density at radius 2 is 1.72 bits per heavy atom. The van der Waals surface area contributed by atoms with Crippen LogP contribution in [-0.4, -0.2) is 32.4 Å². The number of aromatic nitrogens is 3. The van der Waals surface area contributed by atoms with Crippen molar-refractivity contribution >= 4 is 39.3 Å². The zero-order valence-electron chi connectivity index (χ0n) is 21.7. The van der Waals surface area contributed by atoms with Crippen molar-refractivity contribution in [2.24, 2.45) is 4.99 Å². The Labute approximate surface area is 224 Å². The Balaban J connectivity index is 1.72. The van der Waals surface area contributed by atoms with Gasteiger partial charge in [0.05, 0.1) is 12.0 Å². The predicted octanol–water partition coefficient (Wildman–Crippen LogP) is 5.23. The zero-order valence-corrected chi connectivity index (χ0v) is 21.7. The first-order valence-corrected chi connectivity index (χ1v) is 13.4. The summed E-state index contributed by atoms with van der Waals surface area (Å²) in [5, 5.41) is 1.98. The van der Waals surface area contributed by atoms with Crippen LogP contribution in [0.15, 0.2) is 82.7 Å². The van der Waals surface area contributed by atoms with Crippen molar-refractivity contribution in [2.45, 2.75) is 45.1 Å². The number of carbonyl (C=O) groups excluding carboxylic acids is 2. The lowest BCUT2D eigenvalue weighted by Gasteiger charge is -2.27. The van der Waals surface area contributed by atoms with E-state index in [0.29, 0.717) is 16.9 Å². The Morgan fingerprint density at radius 1 is 0.949 bits per heavy atom. The summed E-state index contributed by atoms with van der Waals surface area (Å²) in [7, 11) is 0. The minimum absolute atomic E-state index is 0.0762. The van der Waals surface area contributed by atoms with Gasteiger partial charge in [-0.2, -0.15) is 4.99 Å². The molecule has 3 heterocycles. The van der Waals surface area contributed by atoms with Crippen LogP contribution < -0.4 is 11.0 Å². The van der Waals surface area contributed by atoms with Gasteiger partial charge in [-0.25, -0.2) is 9.78 Å². The lowest BCUT2D eigenvalue weighted by atomic mass is 9.94. The highest BCUT2D eigenvalue weighted by atomic mass is 16.5. The highest BCUT2D eigenvalue weighted by Crippen LogP contribution is 2.29. The largest absolute Gasteiger partial charge is 0.462 e. The summed E-state index contributed by atoms with van der Waals surface area (Å²) in [5.74, 6) is -1.11. The summed E-state index contributed by atoms with van der Waals surface area (Å²) in [6, 6.07) is 19.9. The van der Waals surface area contributed by atoms with E-state index in [4.69, 9.17) is 9.72 Å². The molecule has 1 amide bonds. The smallest absolute Gasteiger partial charge is 0.341 e. The molecule has 0 aliphatic heterocycles. The Hall–Kier alpha value is -4.59. The number of carbonyl (C=O) groups is 2. The van der Waals surface area contributed by atoms with Gasteiger partial charge in [0.1, 0.15) is 16.9 Å². The first kappa shape index (κ1) is 24.7. The van der Waals surface area contributed by atoms with Gasteiger partial charge in [0, 0.05) is 17.8 Å². The number of ether oxygens (including phenoxy) is 1. The summed E-state index contributed by atoms with van der Waals surface area (Å²) in [4.78, 5) is 50.2. The van der Waals surface area contributed by atoms with Gasteiger partial charge in [-0.1, -0.05) is 61.7 Å². The Kier molecular flexibility index (Phi) is 6.52. The third-order valence-corrected chi connectivity index (χ3v) is 7.40. The van der Waals surface area contributed by atoms with Crippen LogP contribution in [0.2, 0.25) is 0 Å². The monoisotopic (exact) mass is 520 g/mol. The van der Waals surface area contributed by atoms with Gasteiger partial charge in [0.25, 0.3) is 11.5 Å². The Morgan fingerprint density at radius 3 is 2.54 bits per heavy atom. The second-order valence-electron chi connectivity index (χ2n) is 9.79. The van der Waals surface area contributed by atoms with Crippen molar-refractivity contribution in [1.82, 2.24) is 14.0 Å². The van der Waals surface area contributed by atoms with Crippen LogP contribution in [-0.2, 0) is 4.74 Å². The number of fused-ring (bicyclic) bond motifs is 3. The first-order valence-electron chi connectivity index (χ1n) is 13.4. The SMILES string of the molecule is CCOC(=O)c1cc2c(=O)n3ccccc3nc2n(C2CCCCC2)c1=NC(=O)c1cccc2ccccc12. The van der Waals surface area contributed by atoms with Gasteiger partial charge in [0.2, 0.25) is 0 Å². The molecular weight excluding hydrogens is 492 g/mol.